The van der Waals surface area contributed by atoms with Crippen LogP contribution in [0.1, 0.15) is 45.4 Å². The lowest BCUT2D eigenvalue weighted by Gasteiger charge is -2.26. The summed E-state index contributed by atoms with van der Waals surface area (Å²) < 4.78 is 0. The van der Waals surface area contributed by atoms with Crippen LogP contribution in [0.25, 0.3) is 0 Å². The molecule has 1 heteroatoms. The molecule has 12 heavy (non-hydrogen) atoms. The predicted molar refractivity (Wildman–Crippen MR) is 52.0 cm³/mol. The van der Waals surface area contributed by atoms with E-state index in [2.05, 4.69) is 6.58 Å². The quantitative estimate of drug-likeness (QED) is 0.642. The molecule has 0 bridgehead atoms. The Balaban J connectivity index is 2.29. The molecule has 1 rings (SSSR count). The van der Waals surface area contributed by atoms with Crippen LogP contribution >= 0.6 is 0 Å². The average Bonchev–Trinajstić information content (AvgIpc) is 2.05. The van der Waals surface area contributed by atoms with E-state index in [4.69, 9.17) is 0 Å². The molecule has 1 N–H and O–H groups in total. The van der Waals surface area contributed by atoms with Gasteiger partial charge >= 0.3 is 0 Å². The van der Waals surface area contributed by atoms with E-state index in [1.165, 1.54) is 32.1 Å². The highest BCUT2D eigenvalue weighted by Crippen LogP contribution is 2.28. The molecule has 0 spiro atoms. The second kappa shape index (κ2) is 4.66. The fraction of sp³-hybridized carbons (Fsp3) is 0.818. The van der Waals surface area contributed by atoms with Crippen LogP contribution in [0.4, 0.5) is 0 Å². The highest BCUT2D eigenvalue weighted by Gasteiger charge is 2.21. The second-order valence-electron chi connectivity index (χ2n) is 4.13. The van der Waals surface area contributed by atoms with E-state index in [1.807, 2.05) is 6.92 Å². The molecule has 0 heterocycles. The van der Waals surface area contributed by atoms with Crippen LogP contribution in [0, 0.1) is 5.92 Å². The Hall–Kier alpha value is -0.300. The fourth-order valence-electron chi connectivity index (χ4n) is 2.04. The van der Waals surface area contributed by atoms with Crippen molar-refractivity contribution >= 4 is 0 Å². The van der Waals surface area contributed by atoms with Gasteiger partial charge in [0.05, 0.1) is 6.10 Å². The minimum absolute atomic E-state index is 0.122. The summed E-state index contributed by atoms with van der Waals surface area (Å²) >= 11 is 0. The van der Waals surface area contributed by atoms with E-state index < -0.39 is 0 Å². The molecule has 0 aromatic rings. The van der Waals surface area contributed by atoms with Crippen molar-refractivity contribution in [3.63, 3.8) is 0 Å². The van der Waals surface area contributed by atoms with Gasteiger partial charge in [0.15, 0.2) is 0 Å². The molecular formula is C11H20O. The van der Waals surface area contributed by atoms with E-state index in [9.17, 15) is 5.11 Å². The van der Waals surface area contributed by atoms with Crippen LogP contribution in [-0.4, -0.2) is 11.2 Å². The lowest BCUT2D eigenvalue weighted by Crippen LogP contribution is -2.22. The van der Waals surface area contributed by atoms with Gasteiger partial charge in [-0.25, -0.2) is 0 Å². The van der Waals surface area contributed by atoms with Gasteiger partial charge in [-0.3, -0.25) is 0 Å². The Morgan fingerprint density at radius 1 is 1.42 bits per heavy atom. The van der Waals surface area contributed by atoms with Crippen molar-refractivity contribution in [2.24, 2.45) is 5.92 Å². The molecule has 0 aromatic carbocycles. The van der Waals surface area contributed by atoms with Crippen molar-refractivity contribution in [3.05, 3.63) is 12.2 Å². The number of rotatable bonds is 3. The van der Waals surface area contributed by atoms with E-state index in [1.54, 1.807) is 0 Å². The summed E-state index contributed by atoms with van der Waals surface area (Å²) in [5.41, 5.74) is 1.10. The van der Waals surface area contributed by atoms with Crippen molar-refractivity contribution in [1.29, 1.82) is 0 Å². The van der Waals surface area contributed by atoms with E-state index in [0.717, 1.165) is 12.0 Å². The normalized spacial score (nSPS) is 22.2. The van der Waals surface area contributed by atoms with Crippen molar-refractivity contribution in [1.82, 2.24) is 0 Å². The van der Waals surface area contributed by atoms with Gasteiger partial charge in [0.25, 0.3) is 0 Å². The molecule has 0 amide bonds. The first-order valence-electron chi connectivity index (χ1n) is 5.02. The van der Waals surface area contributed by atoms with Crippen LogP contribution in [0.2, 0.25) is 0 Å². The third-order valence-electron chi connectivity index (χ3n) is 2.75. The molecule has 1 atom stereocenters. The zero-order chi connectivity index (χ0) is 8.97. The zero-order valence-electron chi connectivity index (χ0n) is 8.05. The van der Waals surface area contributed by atoms with Crippen LogP contribution in [0.5, 0.6) is 0 Å². The van der Waals surface area contributed by atoms with Crippen LogP contribution in [-0.2, 0) is 0 Å². The number of aliphatic hydroxyl groups is 1. The van der Waals surface area contributed by atoms with Gasteiger partial charge in [-0.2, -0.15) is 0 Å². The molecule has 0 aliphatic heterocycles. The maximum atomic E-state index is 9.78. The van der Waals surface area contributed by atoms with Gasteiger partial charge in [-0.15, -0.1) is 6.58 Å². The monoisotopic (exact) mass is 168 g/mol. The Kier molecular flexibility index (Phi) is 3.80. The smallest absolute Gasteiger partial charge is 0.0605 e. The molecule has 1 saturated carbocycles. The first-order valence-corrected chi connectivity index (χ1v) is 5.02. The van der Waals surface area contributed by atoms with Gasteiger partial charge in [0.2, 0.25) is 0 Å². The molecule has 1 nitrogen and oxygen atoms in total. The third kappa shape index (κ3) is 2.98. The second-order valence-corrected chi connectivity index (χ2v) is 4.13. The summed E-state index contributed by atoms with van der Waals surface area (Å²) in [6.07, 6.45) is 7.07. The van der Waals surface area contributed by atoms with Crippen molar-refractivity contribution in [3.8, 4) is 0 Å². The SMILES string of the molecule is C=C(C)C[C@H](O)C1CCCCC1. The van der Waals surface area contributed by atoms with Crippen molar-refractivity contribution < 1.29 is 5.11 Å². The Bertz CT molecular complexity index is 145. The fourth-order valence-corrected chi connectivity index (χ4v) is 2.04. The van der Waals surface area contributed by atoms with Gasteiger partial charge in [-0.05, 0) is 32.1 Å². The lowest BCUT2D eigenvalue weighted by molar-refractivity contribution is 0.0852. The number of hydrogen-bond acceptors (Lipinski definition) is 1. The first-order chi connectivity index (χ1) is 5.70. The third-order valence-corrected chi connectivity index (χ3v) is 2.75. The molecular weight excluding hydrogens is 148 g/mol. The van der Waals surface area contributed by atoms with Crippen molar-refractivity contribution in [2.75, 3.05) is 0 Å². The van der Waals surface area contributed by atoms with Gasteiger partial charge in [-0.1, -0.05) is 24.8 Å². The largest absolute Gasteiger partial charge is 0.393 e. The summed E-state index contributed by atoms with van der Waals surface area (Å²) in [6, 6.07) is 0. The number of aliphatic hydroxyl groups excluding tert-OH is 1. The molecule has 70 valence electrons. The van der Waals surface area contributed by atoms with E-state index in [-0.39, 0.29) is 6.10 Å². The van der Waals surface area contributed by atoms with Crippen LogP contribution in [0.15, 0.2) is 12.2 Å². The van der Waals surface area contributed by atoms with E-state index >= 15 is 0 Å². The molecule has 0 radical (unpaired) electrons. The van der Waals surface area contributed by atoms with Crippen molar-refractivity contribution in [2.45, 2.75) is 51.6 Å². The van der Waals surface area contributed by atoms with E-state index in [0.29, 0.717) is 5.92 Å². The average molecular weight is 168 g/mol. The maximum absolute atomic E-state index is 9.78. The highest BCUT2D eigenvalue weighted by atomic mass is 16.3. The molecule has 1 aliphatic rings. The Labute approximate surface area is 75.5 Å². The lowest BCUT2D eigenvalue weighted by atomic mass is 9.83. The highest BCUT2D eigenvalue weighted by molar-refractivity contribution is 4.92. The Morgan fingerprint density at radius 3 is 2.50 bits per heavy atom. The van der Waals surface area contributed by atoms with Gasteiger partial charge in [0, 0.05) is 0 Å². The predicted octanol–water partition coefficient (Wildman–Crippen LogP) is 2.89. The molecule has 1 fully saturated rings. The summed E-state index contributed by atoms with van der Waals surface area (Å²) in [5, 5.41) is 9.78. The maximum Gasteiger partial charge on any atom is 0.0605 e. The molecule has 0 aromatic heterocycles. The van der Waals surface area contributed by atoms with Crippen LogP contribution in [0.3, 0.4) is 0 Å². The van der Waals surface area contributed by atoms with Crippen LogP contribution < -0.4 is 0 Å². The first kappa shape index (κ1) is 9.79. The molecule has 0 saturated heterocycles. The minimum atomic E-state index is -0.122. The standard InChI is InChI=1S/C11H20O/c1-9(2)8-11(12)10-6-4-3-5-7-10/h10-12H,1,3-8H2,2H3/t11-/m0/s1. The molecule has 1 aliphatic carbocycles. The van der Waals surface area contributed by atoms with Gasteiger partial charge in [0.1, 0.15) is 0 Å². The zero-order valence-corrected chi connectivity index (χ0v) is 8.05. The summed E-state index contributed by atoms with van der Waals surface area (Å²) in [5.74, 6) is 0.551. The molecule has 0 unspecified atom stereocenters. The number of hydrogen-bond donors (Lipinski definition) is 1. The van der Waals surface area contributed by atoms with Gasteiger partial charge < -0.3 is 5.11 Å². The minimum Gasteiger partial charge on any atom is -0.393 e. The summed E-state index contributed by atoms with van der Waals surface area (Å²) in [7, 11) is 0. The summed E-state index contributed by atoms with van der Waals surface area (Å²) in [6.45, 7) is 5.82. The topological polar surface area (TPSA) is 20.2 Å². The Morgan fingerprint density at radius 2 is 2.00 bits per heavy atom. The summed E-state index contributed by atoms with van der Waals surface area (Å²) in [4.78, 5) is 0.